The van der Waals surface area contributed by atoms with Gasteiger partial charge in [-0.2, -0.15) is 0 Å². The van der Waals surface area contributed by atoms with Crippen LogP contribution >= 0.6 is 0 Å². The normalized spacial score (nSPS) is 15.3. The van der Waals surface area contributed by atoms with E-state index in [1.165, 1.54) is 0 Å². The third-order valence-electron chi connectivity index (χ3n) is 2.61. The van der Waals surface area contributed by atoms with Crippen LogP contribution in [0.25, 0.3) is 11.4 Å². The molecule has 2 aromatic rings. The molecular weight excluding hydrogens is 192 g/mol. The Hall–Kier alpha value is -1.62. The lowest BCUT2D eigenvalue weighted by Crippen LogP contribution is -2.28. The predicted molar refractivity (Wildman–Crippen MR) is 54.2 cm³/mol. The number of hydrogen-bond acceptors (Lipinski definition) is 4. The lowest BCUT2D eigenvalue weighted by atomic mass is 10.3. The smallest absolute Gasteiger partial charge is 0.167 e. The van der Waals surface area contributed by atoms with Crippen molar-refractivity contribution in [3.8, 4) is 11.4 Å². The van der Waals surface area contributed by atoms with Gasteiger partial charge in [0.25, 0.3) is 0 Å². The number of aryl methyl sites for hydroxylation is 1. The summed E-state index contributed by atoms with van der Waals surface area (Å²) in [5.41, 5.74) is 1.01. The average molecular weight is 204 g/mol. The van der Waals surface area contributed by atoms with Crippen molar-refractivity contribution >= 4 is 0 Å². The minimum atomic E-state index is 0.795. The Morgan fingerprint density at radius 3 is 3.20 bits per heavy atom. The van der Waals surface area contributed by atoms with Crippen LogP contribution in [-0.4, -0.2) is 21.3 Å². The molecule has 5 heteroatoms. The Bertz CT molecular complexity index is 485. The van der Waals surface area contributed by atoms with Crippen molar-refractivity contribution in [2.45, 2.75) is 20.0 Å². The summed E-state index contributed by atoms with van der Waals surface area (Å²) in [7, 11) is 0. The third-order valence-corrected chi connectivity index (χ3v) is 2.61. The van der Waals surface area contributed by atoms with Crippen molar-refractivity contribution in [3.05, 3.63) is 23.9 Å². The maximum Gasteiger partial charge on any atom is 0.167 e. The Balaban J connectivity index is 2.08. The summed E-state index contributed by atoms with van der Waals surface area (Å²) in [6, 6.07) is 1.99. The highest BCUT2D eigenvalue weighted by Crippen LogP contribution is 2.21. The molecule has 0 amide bonds. The predicted octanol–water partition coefficient (Wildman–Crippen LogP) is 0.950. The van der Waals surface area contributed by atoms with E-state index < -0.39 is 0 Å². The van der Waals surface area contributed by atoms with E-state index in [0.29, 0.717) is 0 Å². The van der Waals surface area contributed by atoms with Gasteiger partial charge in [-0.25, -0.2) is 0 Å². The van der Waals surface area contributed by atoms with Crippen LogP contribution in [-0.2, 0) is 13.1 Å². The summed E-state index contributed by atoms with van der Waals surface area (Å²) in [6.45, 7) is 4.61. The van der Waals surface area contributed by atoms with Crippen molar-refractivity contribution in [2.24, 2.45) is 0 Å². The maximum absolute atomic E-state index is 5.28. The van der Waals surface area contributed by atoms with Gasteiger partial charge >= 0.3 is 0 Å². The molecule has 0 saturated heterocycles. The number of fused-ring (bicyclic) bond motifs is 1. The lowest BCUT2D eigenvalue weighted by molar-refractivity contribution is 0.507. The first-order valence-electron chi connectivity index (χ1n) is 5.03. The number of hydrogen-bond donors (Lipinski definition) is 1. The van der Waals surface area contributed by atoms with Gasteiger partial charge in [0.2, 0.25) is 0 Å². The van der Waals surface area contributed by atoms with E-state index >= 15 is 0 Å². The first-order chi connectivity index (χ1) is 7.34. The van der Waals surface area contributed by atoms with E-state index in [4.69, 9.17) is 4.42 Å². The van der Waals surface area contributed by atoms with Crippen LogP contribution in [0.15, 0.2) is 16.7 Å². The van der Waals surface area contributed by atoms with E-state index in [-0.39, 0.29) is 0 Å². The van der Waals surface area contributed by atoms with Crippen LogP contribution in [0.5, 0.6) is 0 Å². The van der Waals surface area contributed by atoms with E-state index in [2.05, 4.69) is 20.1 Å². The maximum atomic E-state index is 5.28. The van der Waals surface area contributed by atoms with E-state index in [9.17, 15) is 0 Å². The number of aromatic nitrogens is 3. The molecule has 0 unspecified atom stereocenters. The second-order valence-electron chi connectivity index (χ2n) is 3.71. The van der Waals surface area contributed by atoms with Gasteiger partial charge in [0.1, 0.15) is 17.8 Å². The van der Waals surface area contributed by atoms with Crippen molar-refractivity contribution in [2.75, 3.05) is 6.54 Å². The average Bonchev–Trinajstić information content (AvgIpc) is 2.83. The quantitative estimate of drug-likeness (QED) is 0.751. The van der Waals surface area contributed by atoms with Crippen LogP contribution in [0.4, 0.5) is 0 Å². The molecule has 3 rings (SSSR count). The summed E-state index contributed by atoms with van der Waals surface area (Å²) >= 11 is 0. The van der Waals surface area contributed by atoms with E-state index in [1.807, 2.05) is 13.0 Å². The van der Waals surface area contributed by atoms with Crippen LogP contribution in [0.3, 0.4) is 0 Å². The zero-order valence-electron chi connectivity index (χ0n) is 8.53. The van der Waals surface area contributed by atoms with Gasteiger partial charge in [-0.15, -0.1) is 10.2 Å². The first-order valence-corrected chi connectivity index (χ1v) is 5.03. The third kappa shape index (κ3) is 1.35. The molecule has 3 heterocycles. The van der Waals surface area contributed by atoms with Gasteiger partial charge in [-0.05, 0) is 13.0 Å². The largest absolute Gasteiger partial charge is 0.469 e. The first kappa shape index (κ1) is 8.67. The Morgan fingerprint density at radius 1 is 1.47 bits per heavy atom. The fourth-order valence-corrected chi connectivity index (χ4v) is 1.87. The van der Waals surface area contributed by atoms with Crippen molar-refractivity contribution in [1.29, 1.82) is 0 Å². The lowest BCUT2D eigenvalue weighted by Gasteiger charge is -2.15. The molecule has 0 bridgehead atoms. The van der Waals surface area contributed by atoms with Gasteiger partial charge in [-0.3, -0.25) is 0 Å². The minimum absolute atomic E-state index is 0.795. The molecule has 78 valence electrons. The molecule has 0 spiro atoms. The fourth-order valence-electron chi connectivity index (χ4n) is 1.87. The summed E-state index contributed by atoms with van der Waals surface area (Å²) in [4.78, 5) is 0. The summed E-state index contributed by atoms with van der Waals surface area (Å²) in [6.07, 6.45) is 1.73. The van der Waals surface area contributed by atoms with Crippen LogP contribution in [0.1, 0.15) is 11.6 Å². The van der Waals surface area contributed by atoms with Gasteiger partial charge in [-0.1, -0.05) is 0 Å². The number of furan rings is 1. The van der Waals surface area contributed by atoms with Crippen LogP contribution in [0.2, 0.25) is 0 Å². The van der Waals surface area contributed by atoms with Gasteiger partial charge in [0.05, 0.1) is 12.1 Å². The molecule has 1 aliphatic heterocycles. The van der Waals surface area contributed by atoms with Crippen molar-refractivity contribution < 1.29 is 4.42 Å². The standard InChI is InChI=1S/C10H12N4O/c1-7-4-8(6-15-7)10-13-12-9-5-11-2-3-14(9)10/h4,6,11H,2-3,5H2,1H3. The molecule has 0 saturated carbocycles. The fraction of sp³-hybridized carbons (Fsp3) is 0.400. The minimum Gasteiger partial charge on any atom is -0.469 e. The van der Waals surface area contributed by atoms with E-state index in [1.54, 1.807) is 6.26 Å². The zero-order valence-corrected chi connectivity index (χ0v) is 8.53. The number of nitrogens with one attached hydrogen (secondary N) is 1. The van der Waals surface area contributed by atoms with Crippen molar-refractivity contribution in [3.63, 3.8) is 0 Å². The SMILES string of the molecule is Cc1cc(-c2nnc3n2CCNC3)co1. The molecule has 0 radical (unpaired) electrons. The molecule has 0 fully saturated rings. The molecule has 2 aromatic heterocycles. The molecular formula is C10H12N4O. The highest BCUT2D eigenvalue weighted by molar-refractivity contribution is 5.54. The molecule has 1 N–H and O–H groups in total. The summed E-state index contributed by atoms with van der Waals surface area (Å²) < 4.78 is 7.42. The van der Waals surface area contributed by atoms with Crippen molar-refractivity contribution in [1.82, 2.24) is 20.1 Å². The second kappa shape index (κ2) is 3.20. The summed E-state index contributed by atoms with van der Waals surface area (Å²) in [5.74, 6) is 2.80. The van der Waals surface area contributed by atoms with Crippen LogP contribution in [0, 0.1) is 6.92 Å². The molecule has 1 aliphatic rings. The number of rotatable bonds is 1. The van der Waals surface area contributed by atoms with Gasteiger partial charge in [0, 0.05) is 13.1 Å². The van der Waals surface area contributed by atoms with Gasteiger partial charge in [0.15, 0.2) is 5.82 Å². The second-order valence-corrected chi connectivity index (χ2v) is 3.71. The molecule has 0 atom stereocenters. The topological polar surface area (TPSA) is 55.9 Å². The zero-order chi connectivity index (χ0) is 10.3. The molecule has 15 heavy (non-hydrogen) atoms. The Morgan fingerprint density at radius 2 is 2.40 bits per heavy atom. The van der Waals surface area contributed by atoms with E-state index in [0.717, 1.165) is 42.6 Å². The van der Waals surface area contributed by atoms with Crippen LogP contribution < -0.4 is 5.32 Å². The molecule has 0 aromatic carbocycles. The monoisotopic (exact) mass is 204 g/mol. The molecule has 5 nitrogen and oxygen atoms in total. The Kier molecular flexibility index (Phi) is 1.85. The highest BCUT2D eigenvalue weighted by Gasteiger charge is 2.17. The number of nitrogens with zero attached hydrogens (tertiary/aromatic N) is 3. The van der Waals surface area contributed by atoms with Gasteiger partial charge < -0.3 is 14.3 Å². The molecule has 0 aliphatic carbocycles. The highest BCUT2D eigenvalue weighted by atomic mass is 16.3. The Labute approximate surface area is 87.1 Å². The summed E-state index contributed by atoms with van der Waals surface area (Å²) in [5, 5.41) is 11.6.